The van der Waals surface area contributed by atoms with E-state index in [0.29, 0.717) is 0 Å². The number of carbonyl (C=O) groups excluding carboxylic acids is 1. The lowest BCUT2D eigenvalue weighted by molar-refractivity contribution is -0.124. The van der Waals surface area contributed by atoms with Crippen LogP contribution in [0, 0.1) is 5.41 Å². The molecule has 0 aliphatic carbocycles. The lowest BCUT2D eigenvalue weighted by atomic mass is 9.87. The molecule has 0 aromatic heterocycles. The Morgan fingerprint density at radius 2 is 1.87 bits per heavy atom. The fraction of sp³-hybridized carbons (Fsp3) is 0.889. The van der Waals surface area contributed by atoms with Crippen LogP contribution in [0.5, 0.6) is 0 Å². The smallest absolute Gasteiger partial charge is 0.237 e. The van der Waals surface area contributed by atoms with Gasteiger partial charge < -0.3 is 11.1 Å². The van der Waals surface area contributed by atoms with E-state index < -0.39 is 15.9 Å². The lowest BCUT2D eigenvalue weighted by Gasteiger charge is -2.25. The molecule has 0 fully saturated rings. The zero-order valence-corrected chi connectivity index (χ0v) is 10.5. The molecule has 0 saturated carbocycles. The number of sulfone groups is 1. The Labute approximate surface area is 91.3 Å². The predicted molar refractivity (Wildman–Crippen MR) is 60.2 cm³/mol. The fourth-order valence-electron chi connectivity index (χ4n) is 0.863. The van der Waals surface area contributed by atoms with Gasteiger partial charge in [0, 0.05) is 12.8 Å². The lowest BCUT2D eigenvalue weighted by Crippen LogP contribution is -2.49. The molecule has 6 heteroatoms. The highest BCUT2D eigenvalue weighted by atomic mass is 32.2. The highest BCUT2D eigenvalue weighted by Gasteiger charge is 2.27. The van der Waals surface area contributed by atoms with Gasteiger partial charge in [0.25, 0.3) is 0 Å². The Kier molecular flexibility index (Phi) is 4.73. The number of carbonyl (C=O) groups is 1. The Morgan fingerprint density at radius 3 is 2.20 bits per heavy atom. The number of amides is 1. The SMILES string of the molecule is CC(C)(C)[C@H](N)C(=O)NCCS(C)(=O)=O. The van der Waals surface area contributed by atoms with Crippen molar-refractivity contribution in [1.29, 1.82) is 0 Å². The standard InChI is InChI=1S/C9H20N2O3S/c1-9(2,3)7(10)8(12)11-5-6-15(4,13)14/h7H,5-6,10H2,1-4H3,(H,11,12)/t7-/m1/s1. The summed E-state index contributed by atoms with van der Waals surface area (Å²) in [5.74, 6) is -0.374. The number of nitrogens with one attached hydrogen (secondary N) is 1. The van der Waals surface area contributed by atoms with E-state index in [1.807, 2.05) is 20.8 Å². The molecule has 90 valence electrons. The molecular formula is C9H20N2O3S. The van der Waals surface area contributed by atoms with Gasteiger partial charge in [-0.2, -0.15) is 0 Å². The minimum absolute atomic E-state index is 0.0599. The van der Waals surface area contributed by atoms with Crippen molar-refractivity contribution in [1.82, 2.24) is 5.32 Å². The normalized spacial score (nSPS) is 14.7. The fourth-order valence-corrected chi connectivity index (χ4v) is 1.34. The van der Waals surface area contributed by atoms with Gasteiger partial charge in [0.05, 0.1) is 11.8 Å². The van der Waals surface area contributed by atoms with Crippen LogP contribution in [-0.2, 0) is 14.6 Å². The molecule has 1 amide bonds. The number of nitrogens with two attached hydrogens (primary N) is 1. The zero-order chi connectivity index (χ0) is 12.3. The van der Waals surface area contributed by atoms with Crippen molar-refractivity contribution in [3.05, 3.63) is 0 Å². The Balaban J connectivity index is 4.07. The van der Waals surface area contributed by atoms with E-state index in [0.717, 1.165) is 6.26 Å². The molecule has 15 heavy (non-hydrogen) atoms. The van der Waals surface area contributed by atoms with E-state index in [1.54, 1.807) is 0 Å². The third kappa shape index (κ3) is 6.46. The molecule has 0 aliphatic rings. The number of hydrogen-bond donors (Lipinski definition) is 2. The Hall–Kier alpha value is -0.620. The molecule has 0 rings (SSSR count). The highest BCUT2D eigenvalue weighted by Crippen LogP contribution is 2.16. The van der Waals surface area contributed by atoms with E-state index in [4.69, 9.17) is 5.73 Å². The van der Waals surface area contributed by atoms with Gasteiger partial charge in [-0.15, -0.1) is 0 Å². The summed E-state index contributed by atoms with van der Waals surface area (Å²) in [6.07, 6.45) is 1.13. The van der Waals surface area contributed by atoms with E-state index >= 15 is 0 Å². The first-order valence-corrected chi connectivity index (χ1v) is 6.81. The van der Waals surface area contributed by atoms with Gasteiger partial charge in [-0.05, 0) is 5.41 Å². The maximum absolute atomic E-state index is 11.4. The first-order valence-electron chi connectivity index (χ1n) is 4.75. The minimum Gasteiger partial charge on any atom is -0.354 e. The topological polar surface area (TPSA) is 89.3 Å². The van der Waals surface area contributed by atoms with Crippen LogP contribution in [0.4, 0.5) is 0 Å². The van der Waals surface area contributed by atoms with E-state index in [-0.39, 0.29) is 23.6 Å². The largest absolute Gasteiger partial charge is 0.354 e. The number of rotatable bonds is 4. The molecule has 0 aliphatic heterocycles. The van der Waals surface area contributed by atoms with Crippen molar-refractivity contribution < 1.29 is 13.2 Å². The minimum atomic E-state index is -3.04. The van der Waals surface area contributed by atoms with Crippen LogP contribution in [-0.4, -0.2) is 38.9 Å². The van der Waals surface area contributed by atoms with Crippen LogP contribution in [0.25, 0.3) is 0 Å². The van der Waals surface area contributed by atoms with Crippen LogP contribution in [0.15, 0.2) is 0 Å². The zero-order valence-electron chi connectivity index (χ0n) is 9.70. The van der Waals surface area contributed by atoms with Gasteiger partial charge in [0.1, 0.15) is 9.84 Å². The van der Waals surface area contributed by atoms with Crippen molar-refractivity contribution >= 4 is 15.7 Å². The second-order valence-corrected chi connectivity index (χ2v) is 7.02. The van der Waals surface area contributed by atoms with Gasteiger partial charge in [-0.3, -0.25) is 4.79 Å². The predicted octanol–water partition coefficient (Wildman–Crippen LogP) is -0.479. The third-order valence-corrected chi connectivity index (χ3v) is 2.93. The van der Waals surface area contributed by atoms with Gasteiger partial charge >= 0.3 is 0 Å². The van der Waals surface area contributed by atoms with Crippen LogP contribution >= 0.6 is 0 Å². The van der Waals surface area contributed by atoms with Crippen LogP contribution < -0.4 is 11.1 Å². The van der Waals surface area contributed by atoms with Crippen molar-refractivity contribution in [3.63, 3.8) is 0 Å². The maximum atomic E-state index is 11.4. The van der Waals surface area contributed by atoms with Crippen LogP contribution in [0.3, 0.4) is 0 Å². The van der Waals surface area contributed by atoms with Gasteiger partial charge in [0.15, 0.2) is 0 Å². The molecule has 0 spiro atoms. The highest BCUT2D eigenvalue weighted by molar-refractivity contribution is 7.90. The average molecular weight is 236 g/mol. The van der Waals surface area contributed by atoms with Crippen LogP contribution in [0.1, 0.15) is 20.8 Å². The summed E-state index contributed by atoms with van der Waals surface area (Å²) >= 11 is 0. The Morgan fingerprint density at radius 1 is 1.40 bits per heavy atom. The first-order chi connectivity index (χ1) is 6.54. The van der Waals surface area contributed by atoms with Gasteiger partial charge in [-0.1, -0.05) is 20.8 Å². The molecule has 0 aromatic rings. The van der Waals surface area contributed by atoms with Crippen molar-refractivity contribution in [2.45, 2.75) is 26.8 Å². The van der Waals surface area contributed by atoms with Gasteiger partial charge in [0.2, 0.25) is 5.91 Å². The van der Waals surface area contributed by atoms with Gasteiger partial charge in [-0.25, -0.2) is 8.42 Å². The summed E-state index contributed by atoms with van der Waals surface area (Å²) in [5, 5.41) is 2.50. The molecule has 0 aromatic carbocycles. The molecule has 1 atom stereocenters. The molecule has 5 nitrogen and oxygen atoms in total. The average Bonchev–Trinajstić information content (AvgIpc) is 1.98. The monoisotopic (exact) mass is 236 g/mol. The molecule has 3 N–H and O–H groups in total. The summed E-state index contributed by atoms with van der Waals surface area (Å²) in [6, 6.07) is -0.628. The Bertz CT molecular complexity index is 317. The van der Waals surface area contributed by atoms with Crippen molar-refractivity contribution in [2.24, 2.45) is 11.1 Å². The molecule has 0 saturated heterocycles. The van der Waals surface area contributed by atoms with E-state index in [9.17, 15) is 13.2 Å². The molecule has 0 heterocycles. The summed E-state index contributed by atoms with van der Waals surface area (Å²) < 4.78 is 21.6. The maximum Gasteiger partial charge on any atom is 0.237 e. The summed E-state index contributed by atoms with van der Waals surface area (Å²) in [5.41, 5.74) is 5.36. The van der Waals surface area contributed by atoms with Crippen molar-refractivity contribution in [2.75, 3.05) is 18.6 Å². The third-order valence-electron chi connectivity index (χ3n) is 1.99. The van der Waals surface area contributed by atoms with Crippen molar-refractivity contribution in [3.8, 4) is 0 Å². The van der Waals surface area contributed by atoms with Crippen LogP contribution in [0.2, 0.25) is 0 Å². The van der Waals surface area contributed by atoms with E-state index in [1.165, 1.54) is 0 Å². The summed E-state index contributed by atoms with van der Waals surface area (Å²) in [7, 11) is -3.04. The molecular weight excluding hydrogens is 216 g/mol. The first kappa shape index (κ1) is 14.4. The molecule has 0 bridgehead atoms. The quantitative estimate of drug-likeness (QED) is 0.690. The summed E-state index contributed by atoms with van der Waals surface area (Å²) in [6.45, 7) is 5.68. The molecule has 0 radical (unpaired) electrons. The summed E-state index contributed by atoms with van der Waals surface area (Å²) in [4.78, 5) is 11.4. The second kappa shape index (κ2) is 4.94. The van der Waals surface area contributed by atoms with E-state index in [2.05, 4.69) is 5.32 Å². The number of hydrogen-bond acceptors (Lipinski definition) is 4. The molecule has 0 unspecified atom stereocenters. The second-order valence-electron chi connectivity index (χ2n) is 4.76.